The summed E-state index contributed by atoms with van der Waals surface area (Å²) in [5.41, 5.74) is 4.29. The van der Waals surface area contributed by atoms with Crippen molar-refractivity contribution in [1.29, 1.82) is 0 Å². The lowest BCUT2D eigenvalue weighted by molar-refractivity contribution is -0.139. The van der Waals surface area contributed by atoms with Crippen LogP contribution in [-0.4, -0.2) is 85.4 Å². The first-order valence-corrected chi connectivity index (χ1v) is 19.2. The van der Waals surface area contributed by atoms with Gasteiger partial charge in [0.2, 0.25) is 0 Å². The topological polar surface area (TPSA) is 190 Å². The van der Waals surface area contributed by atoms with E-state index >= 15 is 0 Å². The number of thiophene rings is 1. The third kappa shape index (κ3) is 10.8. The van der Waals surface area contributed by atoms with Crippen molar-refractivity contribution in [2.75, 3.05) is 61.6 Å². The Hall–Kier alpha value is -5.58. The van der Waals surface area contributed by atoms with Crippen molar-refractivity contribution in [3.63, 3.8) is 0 Å². The zero-order chi connectivity index (χ0) is 39.5. The van der Waals surface area contributed by atoms with Gasteiger partial charge in [-0.25, -0.2) is 20.2 Å². The van der Waals surface area contributed by atoms with Crippen LogP contribution < -0.4 is 36.4 Å². The first-order chi connectivity index (χ1) is 26.5. The van der Waals surface area contributed by atoms with Crippen molar-refractivity contribution in [2.24, 2.45) is 11.8 Å². The van der Waals surface area contributed by atoms with Gasteiger partial charge < -0.3 is 40.7 Å². The van der Waals surface area contributed by atoms with Crippen molar-refractivity contribution in [3.05, 3.63) is 106 Å². The van der Waals surface area contributed by atoms with E-state index in [1.165, 1.54) is 5.01 Å². The number of hydrogen-bond acceptors (Lipinski definition) is 10. The SMILES string of the molecule is CCNC(=O)c1ccc(N(N)/C=C(/CN(CC2CCN(C(=O)Nc3ccccc3)CC2)c2cccc(-c3sc(C(=O)O)c(OCC(=O)O)c3Br)c2)NC)cc1. The normalized spacial score (nSPS) is 13.2. The zero-order valence-corrected chi connectivity index (χ0v) is 32.9. The summed E-state index contributed by atoms with van der Waals surface area (Å²) in [6.07, 6.45) is 3.34. The Labute approximate surface area is 331 Å². The molecule has 0 spiro atoms. The van der Waals surface area contributed by atoms with Crippen molar-refractivity contribution in [1.82, 2.24) is 15.5 Å². The highest BCUT2D eigenvalue weighted by Crippen LogP contribution is 2.46. The van der Waals surface area contributed by atoms with E-state index in [1.54, 1.807) is 30.5 Å². The molecule has 0 radical (unpaired) electrons. The lowest BCUT2D eigenvalue weighted by Crippen LogP contribution is -2.44. The second-order valence-electron chi connectivity index (χ2n) is 12.8. The van der Waals surface area contributed by atoms with E-state index in [0.717, 1.165) is 41.3 Å². The number of rotatable bonds is 16. The van der Waals surface area contributed by atoms with Gasteiger partial charge in [0.25, 0.3) is 5.91 Å². The van der Waals surface area contributed by atoms with Gasteiger partial charge in [-0.15, -0.1) is 11.3 Å². The number of aromatic carboxylic acids is 1. The maximum Gasteiger partial charge on any atom is 0.349 e. The molecule has 2 heterocycles. The number of hydrogen-bond donors (Lipinski definition) is 6. The molecular weight excluding hydrogens is 790 g/mol. The number of carboxylic acid groups (broad SMARTS) is 2. The zero-order valence-electron chi connectivity index (χ0n) is 30.5. The minimum atomic E-state index is -1.23. The molecule has 1 fully saturated rings. The standard InChI is InChI=1S/C39H44BrN7O7S/c1-3-43-37(50)26-12-14-30(15-13-26)47(41)23-29(42-2)22-46(21-25-16-18-45(19-17-25)39(53)44-28-9-5-4-6-10-28)31-11-7-8-27(20-31)35-33(40)34(54-24-32(48)49)36(55-35)38(51)52/h4-15,20,23,25,42H,3,16-19,21-22,24,41H2,1-2H3,(H,43,50)(H,44,53)(H,48,49)(H,51,52)/b29-23-. The van der Waals surface area contributed by atoms with E-state index in [4.69, 9.17) is 15.7 Å². The number of nitrogens with one attached hydrogen (secondary N) is 3. The molecular formula is C39H44BrN7O7S. The number of para-hydroxylation sites is 1. The number of carbonyl (C=O) groups is 4. The number of carbonyl (C=O) groups excluding carboxylic acids is 2. The van der Waals surface area contributed by atoms with Crippen LogP contribution >= 0.6 is 27.3 Å². The number of amides is 3. The predicted molar refractivity (Wildman–Crippen MR) is 218 cm³/mol. The number of nitrogens with two attached hydrogens (primary N) is 1. The van der Waals surface area contributed by atoms with Crippen molar-refractivity contribution in [2.45, 2.75) is 19.8 Å². The quantitative estimate of drug-likeness (QED) is 0.0551. The van der Waals surface area contributed by atoms with Crippen LogP contribution in [0.15, 0.2) is 95.2 Å². The second-order valence-corrected chi connectivity index (χ2v) is 14.6. The molecule has 0 bridgehead atoms. The average molecular weight is 835 g/mol. The minimum absolute atomic E-state index is 0.0392. The Balaban J connectivity index is 1.40. The molecule has 1 aliphatic rings. The number of hydrazine groups is 1. The summed E-state index contributed by atoms with van der Waals surface area (Å²) in [5, 5.41) is 29.6. The van der Waals surface area contributed by atoms with Crippen LogP contribution in [-0.2, 0) is 4.79 Å². The number of likely N-dealkylation sites (N-methyl/N-ethyl adjacent to an activating group) is 1. The molecule has 0 unspecified atom stereocenters. The predicted octanol–water partition coefficient (Wildman–Crippen LogP) is 6.28. The van der Waals surface area contributed by atoms with Gasteiger partial charge in [-0.1, -0.05) is 30.3 Å². The van der Waals surface area contributed by atoms with Crippen LogP contribution in [0.3, 0.4) is 0 Å². The molecule has 16 heteroatoms. The molecule has 290 valence electrons. The fraction of sp³-hybridized carbons (Fsp3) is 0.282. The fourth-order valence-electron chi connectivity index (χ4n) is 6.12. The number of anilines is 3. The first-order valence-electron chi connectivity index (χ1n) is 17.6. The number of carboxylic acids is 2. The number of ether oxygens (including phenoxy) is 1. The van der Waals surface area contributed by atoms with Gasteiger partial charge in [-0.3, -0.25) is 9.80 Å². The van der Waals surface area contributed by atoms with Gasteiger partial charge in [-0.05, 0) is 95.7 Å². The molecule has 3 aromatic carbocycles. The number of urea groups is 1. The number of likely N-dealkylation sites (tertiary alicyclic amines) is 1. The highest BCUT2D eigenvalue weighted by molar-refractivity contribution is 9.10. The molecule has 55 heavy (non-hydrogen) atoms. The van der Waals surface area contributed by atoms with E-state index in [2.05, 4.69) is 36.8 Å². The summed E-state index contributed by atoms with van der Waals surface area (Å²) in [4.78, 5) is 53.1. The Morgan fingerprint density at radius 1 is 1.00 bits per heavy atom. The average Bonchev–Trinajstić information content (AvgIpc) is 3.53. The van der Waals surface area contributed by atoms with Crippen LogP contribution in [0.4, 0.5) is 21.9 Å². The van der Waals surface area contributed by atoms with Crippen LogP contribution in [0.5, 0.6) is 5.75 Å². The van der Waals surface area contributed by atoms with Crippen molar-refractivity contribution >= 4 is 68.2 Å². The number of aliphatic carboxylic acids is 1. The third-order valence-corrected chi connectivity index (χ3v) is 11.2. The van der Waals surface area contributed by atoms with E-state index in [1.807, 2.05) is 73.5 Å². The van der Waals surface area contributed by atoms with E-state index in [9.17, 15) is 24.3 Å². The van der Waals surface area contributed by atoms with Crippen LogP contribution in [0.25, 0.3) is 10.4 Å². The Morgan fingerprint density at radius 2 is 1.71 bits per heavy atom. The van der Waals surface area contributed by atoms with E-state index in [0.29, 0.717) is 58.9 Å². The molecule has 3 amide bonds. The molecule has 5 rings (SSSR count). The van der Waals surface area contributed by atoms with Crippen LogP contribution in [0.1, 0.15) is 39.8 Å². The summed E-state index contributed by atoms with van der Waals surface area (Å²) in [6.45, 7) is 3.93. The molecule has 14 nitrogen and oxygen atoms in total. The Kier molecular flexibility index (Phi) is 14.1. The molecule has 0 aliphatic carbocycles. The number of piperidine rings is 1. The van der Waals surface area contributed by atoms with E-state index in [-0.39, 0.29) is 28.5 Å². The lowest BCUT2D eigenvalue weighted by Gasteiger charge is -2.36. The molecule has 0 saturated carbocycles. The molecule has 1 aromatic heterocycles. The molecule has 1 aliphatic heterocycles. The fourth-order valence-corrected chi connectivity index (χ4v) is 8.01. The van der Waals surface area contributed by atoms with Crippen LogP contribution in [0, 0.1) is 5.92 Å². The van der Waals surface area contributed by atoms with E-state index < -0.39 is 18.5 Å². The summed E-state index contributed by atoms with van der Waals surface area (Å²) in [7, 11) is 1.81. The Bertz CT molecular complexity index is 2000. The van der Waals surface area contributed by atoms with Crippen LogP contribution in [0.2, 0.25) is 0 Å². The largest absolute Gasteiger partial charge is 0.479 e. The van der Waals surface area contributed by atoms with Crippen molar-refractivity contribution in [3.8, 4) is 16.2 Å². The highest BCUT2D eigenvalue weighted by atomic mass is 79.9. The first kappa shape index (κ1) is 40.6. The Morgan fingerprint density at radius 3 is 2.35 bits per heavy atom. The second kappa shape index (κ2) is 19.1. The summed E-state index contributed by atoms with van der Waals surface area (Å²) >= 11 is 4.46. The highest BCUT2D eigenvalue weighted by Gasteiger charge is 2.27. The van der Waals surface area contributed by atoms with Gasteiger partial charge in [0, 0.05) is 62.1 Å². The monoisotopic (exact) mass is 833 g/mol. The molecule has 7 N–H and O–H groups in total. The van der Waals surface area contributed by atoms with Crippen molar-refractivity contribution < 1.29 is 34.1 Å². The summed E-state index contributed by atoms with van der Waals surface area (Å²) < 4.78 is 5.74. The lowest BCUT2D eigenvalue weighted by atomic mass is 9.96. The number of benzene rings is 3. The van der Waals surface area contributed by atoms with Gasteiger partial charge in [0.15, 0.2) is 17.2 Å². The third-order valence-electron chi connectivity index (χ3n) is 8.96. The summed E-state index contributed by atoms with van der Waals surface area (Å²) in [6, 6.07) is 23.9. The van der Waals surface area contributed by atoms with Gasteiger partial charge >= 0.3 is 18.0 Å². The summed E-state index contributed by atoms with van der Waals surface area (Å²) in [5.74, 6) is 4.09. The van der Waals surface area contributed by atoms with Gasteiger partial charge in [0.1, 0.15) is 0 Å². The number of nitrogens with zero attached hydrogens (tertiary/aromatic N) is 3. The van der Waals surface area contributed by atoms with Gasteiger partial charge in [-0.2, -0.15) is 0 Å². The molecule has 1 saturated heterocycles. The molecule has 0 atom stereocenters. The number of halogens is 1. The maximum absolute atomic E-state index is 13.0. The minimum Gasteiger partial charge on any atom is -0.479 e. The maximum atomic E-state index is 13.0. The van der Waals surface area contributed by atoms with Gasteiger partial charge in [0.05, 0.1) is 21.6 Å². The molecule has 4 aromatic rings. The smallest absolute Gasteiger partial charge is 0.349 e.